The van der Waals surface area contributed by atoms with Crippen LogP contribution in [-0.4, -0.2) is 21.4 Å². The number of hydrogen-bond donors (Lipinski definition) is 1. The first kappa shape index (κ1) is 10.9. The van der Waals surface area contributed by atoms with Crippen LogP contribution in [0, 0.1) is 6.92 Å². The molecule has 0 fully saturated rings. The highest BCUT2D eigenvalue weighted by molar-refractivity contribution is 7.98. The second-order valence-corrected chi connectivity index (χ2v) is 4.05. The first-order chi connectivity index (χ1) is 7.78. The lowest BCUT2D eigenvalue weighted by Crippen LogP contribution is -2.01. The van der Waals surface area contributed by atoms with E-state index >= 15 is 0 Å². The molecule has 0 aliphatic carbocycles. The molecule has 84 valence electrons. The van der Waals surface area contributed by atoms with Gasteiger partial charge < -0.3 is 9.84 Å². The molecule has 2 aromatic heterocycles. The summed E-state index contributed by atoms with van der Waals surface area (Å²) in [6.45, 7) is 2.47. The molecule has 0 saturated carbocycles. The number of thioether (sulfide) groups is 1. The number of nitrogens with one attached hydrogen (secondary N) is 1. The highest BCUT2D eigenvalue weighted by atomic mass is 32.2. The maximum atomic E-state index is 4.97. The Balaban J connectivity index is 1.99. The number of hydrogen-bond acceptors (Lipinski definition) is 6. The molecule has 0 amide bonds. The molecule has 5 nitrogen and oxygen atoms in total. The molecule has 2 aromatic rings. The van der Waals surface area contributed by atoms with Crippen LogP contribution in [0.3, 0.4) is 0 Å². The van der Waals surface area contributed by atoms with Crippen molar-refractivity contribution in [2.75, 3.05) is 11.6 Å². The van der Waals surface area contributed by atoms with E-state index < -0.39 is 0 Å². The van der Waals surface area contributed by atoms with Crippen molar-refractivity contribution < 1.29 is 4.52 Å². The minimum Gasteiger partial charge on any atom is -0.364 e. The van der Waals surface area contributed by atoms with E-state index in [2.05, 4.69) is 20.4 Å². The zero-order valence-corrected chi connectivity index (χ0v) is 9.91. The summed E-state index contributed by atoms with van der Waals surface area (Å²) >= 11 is 1.58. The lowest BCUT2D eigenvalue weighted by molar-refractivity contribution is 0.391. The first-order valence-electron chi connectivity index (χ1n) is 4.80. The summed E-state index contributed by atoms with van der Waals surface area (Å²) in [4.78, 5) is 8.21. The molecule has 16 heavy (non-hydrogen) atoms. The molecule has 0 atom stereocenters. The second-order valence-electron chi connectivity index (χ2n) is 3.23. The van der Waals surface area contributed by atoms with Crippen molar-refractivity contribution in [3.63, 3.8) is 0 Å². The van der Waals surface area contributed by atoms with Gasteiger partial charge in [-0.05, 0) is 13.2 Å². The second kappa shape index (κ2) is 4.98. The van der Waals surface area contributed by atoms with Crippen LogP contribution < -0.4 is 5.32 Å². The van der Waals surface area contributed by atoms with Crippen molar-refractivity contribution in [1.82, 2.24) is 15.1 Å². The van der Waals surface area contributed by atoms with E-state index in [1.807, 2.05) is 25.3 Å². The molecule has 0 aliphatic rings. The quantitative estimate of drug-likeness (QED) is 0.648. The zero-order valence-electron chi connectivity index (χ0n) is 9.10. The summed E-state index contributed by atoms with van der Waals surface area (Å²) in [7, 11) is 0. The Hall–Kier alpha value is -1.56. The van der Waals surface area contributed by atoms with Gasteiger partial charge in [-0.1, -0.05) is 5.16 Å². The predicted octanol–water partition coefficient (Wildman–Crippen LogP) is 2.11. The molecular formula is C10H12N4OS. The van der Waals surface area contributed by atoms with Gasteiger partial charge >= 0.3 is 0 Å². The lowest BCUT2D eigenvalue weighted by atomic mass is 10.4. The molecule has 6 heteroatoms. The summed E-state index contributed by atoms with van der Waals surface area (Å²) in [5.41, 5.74) is 0.863. The van der Waals surface area contributed by atoms with Crippen LogP contribution in [0.5, 0.6) is 0 Å². The van der Waals surface area contributed by atoms with E-state index in [1.165, 1.54) is 0 Å². The van der Waals surface area contributed by atoms with Crippen LogP contribution >= 0.6 is 11.8 Å². The van der Waals surface area contributed by atoms with Crippen molar-refractivity contribution in [1.29, 1.82) is 0 Å². The Morgan fingerprint density at radius 1 is 1.38 bits per heavy atom. The van der Waals surface area contributed by atoms with Crippen molar-refractivity contribution in [2.24, 2.45) is 0 Å². The van der Waals surface area contributed by atoms with Gasteiger partial charge in [0.05, 0.1) is 6.54 Å². The molecule has 0 spiro atoms. The van der Waals surface area contributed by atoms with Crippen LogP contribution in [0.2, 0.25) is 0 Å². The molecule has 2 rings (SSSR count). The molecule has 0 unspecified atom stereocenters. The van der Waals surface area contributed by atoms with Crippen molar-refractivity contribution in [3.8, 4) is 0 Å². The van der Waals surface area contributed by atoms with E-state index in [-0.39, 0.29) is 0 Å². The molecule has 2 heterocycles. The molecular weight excluding hydrogens is 224 g/mol. The predicted molar refractivity (Wildman–Crippen MR) is 62.4 cm³/mol. The maximum absolute atomic E-state index is 4.97. The Labute approximate surface area is 97.7 Å². The van der Waals surface area contributed by atoms with Crippen molar-refractivity contribution in [3.05, 3.63) is 29.9 Å². The van der Waals surface area contributed by atoms with Crippen molar-refractivity contribution in [2.45, 2.75) is 18.5 Å². The Morgan fingerprint density at radius 3 is 2.94 bits per heavy atom. The van der Waals surface area contributed by atoms with E-state index in [9.17, 15) is 0 Å². The number of aromatic nitrogens is 3. The van der Waals surface area contributed by atoms with Crippen LogP contribution in [-0.2, 0) is 6.54 Å². The third-order valence-corrected chi connectivity index (χ3v) is 2.62. The van der Waals surface area contributed by atoms with Gasteiger partial charge in [0.25, 0.3) is 0 Å². The average Bonchev–Trinajstić information content (AvgIpc) is 2.73. The smallest absolute Gasteiger partial charge is 0.133 e. The monoisotopic (exact) mass is 236 g/mol. The first-order valence-corrected chi connectivity index (χ1v) is 6.02. The summed E-state index contributed by atoms with van der Waals surface area (Å²) in [5, 5.41) is 7.99. The van der Waals surface area contributed by atoms with Crippen molar-refractivity contribution >= 4 is 17.6 Å². The lowest BCUT2D eigenvalue weighted by Gasteiger charge is -2.03. The maximum Gasteiger partial charge on any atom is 0.133 e. The topological polar surface area (TPSA) is 63.8 Å². The fourth-order valence-electron chi connectivity index (χ4n) is 1.23. The van der Waals surface area contributed by atoms with E-state index in [4.69, 9.17) is 4.52 Å². The van der Waals surface area contributed by atoms with Gasteiger partial charge in [0.2, 0.25) is 0 Å². The highest BCUT2D eigenvalue weighted by Crippen LogP contribution is 2.14. The van der Waals surface area contributed by atoms with Crippen LogP contribution in [0.4, 0.5) is 5.82 Å². The van der Waals surface area contributed by atoms with Gasteiger partial charge in [0.1, 0.15) is 28.6 Å². The van der Waals surface area contributed by atoms with E-state index in [1.54, 1.807) is 18.1 Å². The number of aryl methyl sites for hydroxylation is 1. The fourth-order valence-corrected chi connectivity index (χ4v) is 1.61. The zero-order chi connectivity index (χ0) is 11.4. The molecule has 0 aliphatic heterocycles. The molecule has 0 saturated heterocycles. The largest absolute Gasteiger partial charge is 0.364 e. The minimum atomic E-state index is 0.599. The average molecular weight is 236 g/mol. The van der Waals surface area contributed by atoms with Crippen LogP contribution in [0.25, 0.3) is 0 Å². The Bertz CT molecular complexity index is 471. The summed E-state index contributed by atoms with van der Waals surface area (Å²) in [6.07, 6.45) is 3.52. The third kappa shape index (κ3) is 2.73. The number of nitrogens with zero attached hydrogens (tertiary/aromatic N) is 3. The van der Waals surface area contributed by atoms with Gasteiger partial charge in [0, 0.05) is 12.1 Å². The molecule has 1 N–H and O–H groups in total. The molecule has 0 aromatic carbocycles. The van der Waals surface area contributed by atoms with E-state index in [0.717, 1.165) is 22.3 Å². The summed E-state index contributed by atoms with van der Waals surface area (Å²) in [5.74, 6) is 1.60. The summed E-state index contributed by atoms with van der Waals surface area (Å²) in [6, 6.07) is 3.79. The Kier molecular flexibility index (Phi) is 3.40. The van der Waals surface area contributed by atoms with Gasteiger partial charge in [-0.3, -0.25) is 0 Å². The fraction of sp³-hybridized carbons (Fsp3) is 0.300. The summed E-state index contributed by atoms with van der Waals surface area (Å²) < 4.78 is 4.97. The standard InChI is InChI=1S/C10H12N4OS/c1-7-3-8(14-15-7)5-11-9-4-10(16-2)13-6-12-9/h3-4,6H,5H2,1-2H3,(H,11,12,13). The Morgan fingerprint density at radius 2 is 2.25 bits per heavy atom. The van der Waals surface area contributed by atoms with Gasteiger partial charge in [-0.15, -0.1) is 11.8 Å². The number of rotatable bonds is 4. The van der Waals surface area contributed by atoms with Gasteiger partial charge in [0.15, 0.2) is 0 Å². The highest BCUT2D eigenvalue weighted by Gasteiger charge is 2.01. The molecule has 0 radical (unpaired) electrons. The van der Waals surface area contributed by atoms with E-state index in [0.29, 0.717) is 6.54 Å². The van der Waals surface area contributed by atoms with Crippen LogP contribution in [0.1, 0.15) is 11.5 Å². The molecule has 0 bridgehead atoms. The number of anilines is 1. The van der Waals surface area contributed by atoms with Gasteiger partial charge in [-0.2, -0.15) is 0 Å². The SMILES string of the molecule is CSc1cc(NCc2cc(C)on2)ncn1. The van der Waals surface area contributed by atoms with Crippen LogP contribution in [0.15, 0.2) is 28.0 Å². The van der Waals surface area contributed by atoms with Gasteiger partial charge in [-0.25, -0.2) is 9.97 Å². The minimum absolute atomic E-state index is 0.599. The third-order valence-electron chi connectivity index (χ3n) is 1.98. The normalized spacial score (nSPS) is 10.4.